The fourth-order valence-electron chi connectivity index (χ4n) is 2.44. The Kier molecular flexibility index (Phi) is 7.75. The van der Waals surface area contributed by atoms with Gasteiger partial charge in [0.15, 0.2) is 0 Å². The molecule has 2 N–H and O–H groups in total. The molecule has 0 radical (unpaired) electrons. The third-order valence-corrected chi connectivity index (χ3v) is 4.39. The largest absolute Gasteiger partial charge is 0.355 e. The monoisotopic (exact) mass is 393 g/mol. The maximum atomic E-state index is 12.3. The van der Waals surface area contributed by atoms with E-state index in [1.54, 1.807) is 43.4 Å². The van der Waals surface area contributed by atoms with Crippen molar-refractivity contribution in [3.63, 3.8) is 0 Å². The lowest BCUT2D eigenvalue weighted by atomic mass is 10.1. The second-order valence-corrected chi connectivity index (χ2v) is 6.96. The third-order valence-electron chi connectivity index (χ3n) is 3.67. The molecule has 2 rings (SSSR count). The SMILES string of the molecule is CNC(=O)c1ccc(CN(C)CC(=O)Nc2ccc(SC(F)F)cc2)cc1. The zero-order valence-electron chi connectivity index (χ0n) is 15.0. The number of alkyl halides is 2. The molecule has 0 fully saturated rings. The Morgan fingerprint density at radius 1 is 1.07 bits per heavy atom. The Bertz CT molecular complexity index is 768. The van der Waals surface area contributed by atoms with Gasteiger partial charge in [-0.25, -0.2) is 0 Å². The van der Waals surface area contributed by atoms with Gasteiger partial charge in [0.05, 0.1) is 6.54 Å². The number of anilines is 1. The number of amides is 2. The van der Waals surface area contributed by atoms with Crippen LogP contribution in [0.1, 0.15) is 15.9 Å². The summed E-state index contributed by atoms with van der Waals surface area (Å²) >= 11 is 0.463. The van der Waals surface area contributed by atoms with Gasteiger partial charge >= 0.3 is 0 Å². The lowest BCUT2D eigenvalue weighted by Gasteiger charge is -2.16. The molecule has 0 atom stereocenters. The maximum Gasteiger partial charge on any atom is 0.288 e. The summed E-state index contributed by atoms with van der Waals surface area (Å²) in [5.41, 5.74) is 2.11. The number of thioether (sulfide) groups is 1. The van der Waals surface area contributed by atoms with Gasteiger partial charge in [-0.2, -0.15) is 8.78 Å². The topological polar surface area (TPSA) is 61.4 Å². The molecule has 0 heterocycles. The molecule has 0 saturated carbocycles. The van der Waals surface area contributed by atoms with E-state index in [0.29, 0.717) is 34.5 Å². The summed E-state index contributed by atoms with van der Waals surface area (Å²) < 4.78 is 24.6. The van der Waals surface area contributed by atoms with Crippen molar-refractivity contribution in [3.05, 3.63) is 59.7 Å². The van der Waals surface area contributed by atoms with E-state index in [9.17, 15) is 18.4 Å². The summed E-state index contributed by atoms with van der Waals surface area (Å²) in [5.74, 6) is -2.81. The molecule has 0 aromatic heterocycles. The molecule has 2 amide bonds. The molecule has 0 spiro atoms. The molecule has 0 saturated heterocycles. The smallest absolute Gasteiger partial charge is 0.288 e. The Balaban J connectivity index is 1.83. The van der Waals surface area contributed by atoms with Crippen molar-refractivity contribution in [2.24, 2.45) is 0 Å². The van der Waals surface area contributed by atoms with Crippen molar-refractivity contribution < 1.29 is 18.4 Å². The number of carbonyl (C=O) groups excluding carboxylic acids is 2. The van der Waals surface area contributed by atoms with Crippen LogP contribution in [0.5, 0.6) is 0 Å². The van der Waals surface area contributed by atoms with Crippen molar-refractivity contribution in [1.82, 2.24) is 10.2 Å². The van der Waals surface area contributed by atoms with E-state index in [0.717, 1.165) is 5.56 Å². The van der Waals surface area contributed by atoms with Gasteiger partial charge in [0.25, 0.3) is 11.7 Å². The second-order valence-electron chi connectivity index (χ2n) is 5.90. The van der Waals surface area contributed by atoms with Crippen molar-refractivity contribution in [3.8, 4) is 0 Å². The average Bonchev–Trinajstić information content (AvgIpc) is 2.62. The first-order valence-electron chi connectivity index (χ1n) is 8.21. The van der Waals surface area contributed by atoms with E-state index in [1.165, 1.54) is 0 Å². The number of halogens is 2. The maximum absolute atomic E-state index is 12.3. The molecule has 0 aliphatic carbocycles. The van der Waals surface area contributed by atoms with E-state index in [1.807, 2.05) is 24.1 Å². The molecule has 2 aromatic rings. The van der Waals surface area contributed by atoms with Crippen LogP contribution in [0.15, 0.2) is 53.4 Å². The Hall–Kier alpha value is -2.45. The van der Waals surface area contributed by atoms with Crippen molar-refractivity contribution >= 4 is 29.3 Å². The van der Waals surface area contributed by atoms with E-state index in [-0.39, 0.29) is 18.4 Å². The first kappa shape index (κ1) is 20.9. The number of carbonyl (C=O) groups is 2. The van der Waals surface area contributed by atoms with Gasteiger partial charge in [-0.05, 0) is 49.0 Å². The summed E-state index contributed by atoms with van der Waals surface area (Å²) in [6.07, 6.45) is 0. The summed E-state index contributed by atoms with van der Waals surface area (Å²) in [7, 11) is 3.39. The van der Waals surface area contributed by atoms with Crippen LogP contribution in [0.3, 0.4) is 0 Å². The van der Waals surface area contributed by atoms with Crippen LogP contribution in [0.25, 0.3) is 0 Å². The van der Waals surface area contributed by atoms with Gasteiger partial charge in [-0.15, -0.1) is 0 Å². The summed E-state index contributed by atoms with van der Waals surface area (Å²) in [6.45, 7) is 0.718. The summed E-state index contributed by atoms with van der Waals surface area (Å²) in [6, 6.07) is 13.5. The van der Waals surface area contributed by atoms with Gasteiger partial charge in [0, 0.05) is 29.7 Å². The van der Waals surface area contributed by atoms with E-state index < -0.39 is 5.76 Å². The molecule has 5 nitrogen and oxygen atoms in total. The number of likely N-dealkylation sites (N-methyl/N-ethyl adjacent to an activating group) is 1. The van der Waals surface area contributed by atoms with Crippen LogP contribution in [0.4, 0.5) is 14.5 Å². The minimum Gasteiger partial charge on any atom is -0.355 e. The van der Waals surface area contributed by atoms with Crippen LogP contribution in [-0.2, 0) is 11.3 Å². The molecular formula is C19H21F2N3O2S. The molecule has 0 bridgehead atoms. The molecule has 27 heavy (non-hydrogen) atoms. The van der Waals surface area contributed by atoms with Gasteiger partial charge in [0.2, 0.25) is 5.91 Å². The minimum absolute atomic E-state index is 0.146. The average molecular weight is 393 g/mol. The second kappa shape index (κ2) is 10.0. The van der Waals surface area contributed by atoms with E-state index in [2.05, 4.69) is 10.6 Å². The van der Waals surface area contributed by atoms with Crippen LogP contribution in [-0.4, -0.2) is 43.1 Å². The fourth-order valence-corrected chi connectivity index (χ4v) is 2.94. The van der Waals surface area contributed by atoms with Crippen molar-refractivity contribution in [1.29, 1.82) is 0 Å². The molecule has 0 aliphatic heterocycles. The van der Waals surface area contributed by atoms with E-state index in [4.69, 9.17) is 0 Å². The highest BCUT2D eigenvalue weighted by atomic mass is 32.2. The van der Waals surface area contributed by atoms with E-state index >= 15 is 0 Å². The van der Waals surface area contributed by atoms with Crippen molar-refractivity contribution in [2.45, 2.75) is 17.2 Å². The number of hydrogen-bond acceptors (Lipinski definition) is 4. The number of hydrogen-bond donors (Lipinski definition) is 2. The highest BCUT2D eigenvalue weighted by Gasteiger charge is 2.10. The Morgan fingerprint density at radius 3 is 2.26 bits per heavy atom. The molecule has 2 aromatic carbocycles. The van der Waals surface area contributed by atoms with Gasteiger partial charge in [0.1, 0.15) is 0 Å². The normalized spacial score (nSPS) is 10.9. The lowest BCUT2D eigenvalue weighted by molar-refractivity contribution is -0.117. The highest BCUT2D eigenvalue weighted by Crippen LogP contribution is 2.26. The summed E-state index contributed by atoms with van der Waals surface area (Å²) in [4.78, 5) is 25.9. The molecule has 8 heteroatoms. The van der Waals surface area contributed by atoms with Gasteiger partial charge < -0.3 is 10.6 Å². The third kappa shape index (κ3) is 6.99. The minimum atomic E-state index is -2.47. The zero-order chi connectivity index (χ0) is 19.8. The lowest BCUT2D eigenvalue weighted by Crippen LogP contribution is -2.29. The standard InChI is InChI=1S/C19H21F2N3O2S/c1-22-18(26)14-5-3-13(4-6-14)11-24(2)12-17(25)23-15-7-9-16(10-8-15)27-19(20)21/h3-10,19H,11-12H2,1-2H3,(H,22,26)(H,23,25). The highest BCUT2D eigenvalue weighted by molar-refractivity contribution is 7.99. The molecule has 0 aliphatic rings. The van der Waals surface area contributed by atoms with Gasteiger partial charge in [-0.1, -0.05) is 23.9 Å². The zero-order valence-corrected chi connectivity index (χ0v) is 15.9. The predicted molar refractivity (Wildman–Crippen MR) is 103 cm³/mol. The van der Waals surface area contributed by atoms with Crippen LogP contribution >= 0.6 is 11.8 Å². The van der Waals surface area contributed by atoms with Crippen LogP contribution in [0, 0.1) is 0 Å². The molecule has 0 unspecified atom stereocenters. The quantitative estimate of drug-likeness (QED) is 0.675. The first-order valence-corrected chi connectivity index (χ1v) is 9.09. The number of nitrogens with one attached hydrogen (secondary N) is 2. The van der Waals surface area contributed by atoms with Crippen molar-refractivity contribution in [2.75, 3.05) is 26.0 Å². The van der Waals surface area contributed by atoms with Crippen LogP contribution < -0.4 is 10.6 Å². The number of benzene rings is 2. The number of nitrogens with zero attached hydrogens (tertiary/aromatic N) is 1. The van der Waals surface area contributed by atoms with Crippen LogP contribution in [0.2, 0.25) is 0 Å². The Labute approximate surface area is 161 Å². The fraction of sp³-hybridized carbons (Fsp3) is 0.263. The first-order chi connectivity index (χ1) is 12.9. The molecular weight excluding hydrogens is 372 g/mol. The summed E-state index contributed by atoms with van der Waals surface area (Å²) in [5, 5.41) is 5.30. The Morgan fingerprint density at radius 2 is 1.70 bits per heavy atom. The van der Waals surface area contributed by atoms with Gasteiger partial charge in [-0.3, -0.25) is 14.5 Å². The number of rotatable bonds is 8. The molecule has 144 valence electrons. The predicted octanol–water partition coefficient (Wildman–Crippen LogP) is 3.43.